The molecule has 0 unspecified atom stereocenters. The largest absolute Gasteiger partial charge is 0.494 e. The van der Waals surface area contributed by atoms with E-state index in [9.17, 15) is 14.0 Å². The normalized spacial score (nSPS) is 10.3. The standard InChI is InChI=1S/C21H24FNO4/c1-2-20(24)16-5-9-19(10-6-16)27-15-21(25)23-13-3-4-14-26-18-11-7-17(22)8-12-18/h5-12H,2-4,13-15H2,1H3,(H,23,25). The molecule has 2 rings (SSSR count). The van der Waals surface area contributed by atoms with Crippen LogP contribution in [0.15, 0.2) is 48.5 Å². The third kappa shape index (κ3) is 7.48. The summed E-state index contributed by atoms with van der Waals surface area (Å²) in [6.07, 6.45) is 1.99. The second-order valence-corrected chi connectivity index (χ2v) is 5.95. The lowest BCUT2D eigenvalue weighted by Gasteiger charge is -2.09. The summed E-state index contributed by atoms with van der Waals surface area (Å²) in [5.41, 5.74) is 0.636. The van der Waals surface area contributed by atoms with Crippen molar-refractivity contribution in [3.8, 4) is 11.5 Å². The van der Waals surface area contributed by atoms with E-state index in [1.807, 2.05) is 6.92 Å². The Morgan fingerprint density at radius 1 is 0.926 bits per heavy atom. The number of benzene rings is 2. The molecule has 0 atom stereocenters. The fraction of sp³-hybridized carbons (Fsp3) is 0.333. The van der Waals surface area contributed by atoms with Crippen LogP contribution in [0.5, 0.6) is 11.5 Å². The number of hydrogen-bond acceptors (Lipinski definition) is 4. The third-order valence-electron chi connectivity index (χ3n) is 3.84. The number of carbonyl (C=O) groups excluding carboxylic acids is 2. The highest BCUT2D eigenvalue weighted by molar-refractivity contribution is 5.95. The van der Waals surface area contributed by atoms with Gasteiger partial charge in [0.25, 0.3) is 5.91 Å². The van der Waals surface area contributed by atoms with Gasteiger partial charge in [-0.3, -0.25) is 9.59 Å². The van der Waals surface area contributed by atoms with Crippen LogP contribution in [0.4, 0.5) is 4.39 Å². The first-order chi connectivity index (χ1) is 13.1. The van der Waals surface area contributed by atoms with Crippen molar-refractivity contribution in [3.63, 3.8) is 0 Å². The highest BCUT2D eigenvalue weighted by Gasteiger charge is 2.05. The topological polar surface area (TPSA) is 64.6 Å². The average Bonchev–Trinajstić information content (AvgIpc) is 2.70. The zero-order chi connectivity index (χ0) is 19.5. The maximum atomic E-state index is 12.8. The monoisotopic (exact) mass is 373 g/mol. The Balaban J connectivity index is 1.55. The molecule has 0 radical (unpaired) electrons. The van der Waals surface area contributed by atoms with Crippen LogP contribution >= 0.6 is 0 Å². The number of carbonyl (C=O) groups is 2. The lowest BCUT2D eigenvalue weighted by molar-refractivity contribution is -0.123. The number of rotatable bonds is 11. The van der Waals surface area contributed by atoms with E-state index in [0.717, 1.165) is 12.8 Å². The number of hydrogen-bond donors (Lipinski definition) is 1. The van der Waals surface area contributed by atoms with Crippen molar-refractivity contribution in [2.24, 2.45) is 0 Å². The Morgan fingerprint density at radius 3 is 2.22 bits per heavy atom. The maximum Gasteiger partial charge on any atom is 0.257 e. The predicted octanol–water partition coefficient (Wildman–Crippen LogP) is 3.77. The second kappa shape index (κ2) is 11.0. The van der Waals surface area contributed by atoms with Crippen LogP contribution < -0.4 is 14.8 Å². The molecule has 0 aromatic heterocycles. The molecule has 144 valence electrons. The molecule has 5 nitrogen and oxygen atoms in total. The molecule has 2 aromatic carbocycles. The summed E-state index contributed by atoms with van der Waals surface area (Å²) in [6, 6.07) is 12.6. The van der Waals surface area contributed by atoms with E-state index >= 15 is 0 Å². The van der Waals surface area contributed by atoms with Crippen LogP contribution in [0.1, 0.15) is 36.5 Å². The average molecular weight is 373 g/mol. The number of Topliss-reactive ketones (excluding diaryl/α,β-unsaturated/α-hetero) is 1. The first-order valence-electron chi connectivity index (χ1n) is 8.99. The third-order valence-corrected chi connectivity index (χ3v) is 3.84. The van der Waals surface area contributed by atoms with Gasteiger partial charge in [-0.1, -0.05) is 6.92 Å². The fourth-order valence-electron chi connectivity index (χ4n) is 2.32. The second-order valence-electron chi connectivity index (χ2n) is 5.95. The number of nitrogens with one attached hydrogen (secondary N) is 1. The molecule has 6 heteroatoms. The first kappa shape index (κ1) is 20.4. The number of unbranched alkanes of at least 4 members (excludes halogenated alkanes) is 1. The van der Waals surface area contributed by atoms with Crippen molar-refractivity contribution in [3.05, 3.63) is 59.9 Å². The van der Waals surface area contributed by atoms with Crippen molar-refractivity contribution in [2.45, 2.75) is 26.2 Å². The van der Waals surface area contributed by atoms with Crippen LogP contribution in [0.25, 0.3) is 0 Å². The Bertz CT molecular complexity index is 729. The van der Waals surface area contributed by atoms with Gasteiger partial charge in [0.1, 0.15) is 17.3 Å². The van der Waals surface area contributed by atoms with Gasteiger partial charge >= 0.3 is 0 Å². The minimum Gasteiger partial charge on any atom is -0.494 e. The maximum absolute atomic E-state index is 12.8. The molecule has 1 amide bonds. The number of halogens is 1. The Hall–Kier alpha value is -2.89. The van der Waals surface area contributed by atoms with Crippen LogP contribution in [0, 0.1) is 5.82 Å². The molecule has 0 aliphatic carbocycles. The van der Waals surface area contributed by atoms with Crippen molar-refractivity contribution in [2.75, 3.05) is 19.8 Å². The number of ether oxygens (including phenoxy) is 2. The van der Waals surface area contributed by atoms with Gasteiger partial charge in [-0.2, -0.15) is 0 Å². The van der Waals surface area contributed by atoms with Gasteiger partial charge in [0.05, 0.1) is 6.61 Å². The summed E-state index contributed by atoms with van der Waals surface area (Å²) < 4.78 is 23.7. The van der Waals surface area contributed by atoms with Gasteiger partial charge in [-0.15, -0.1) is 0 Å². The highest BCUT2D eigenvalue weighted by Crippen LogP contribution is 2.13. The molecule has 0 aliphatic rings. The first-order valence-corrected chi connectivity index (χ1v) is 8.99. The van der Waals surface area contributed by atoms with Gasteiger partial charge in [0.2, 0.25) is 0 Å². The fourth-order valence-corrected chi connectivity index (χ4v) is 2.32. The Morgan fingerprint density at radius 2 is 1.56 bits per heavy atom. The van der Waals surface area contributed by atoms with Gasteiger partial charge in [0.15, 0.2) is 12.4 Å². The van der Waals surface area contributed by atoms with E-state index in [1.165, 1.54) is 12.1 Å². The van der Waals surface area contributed by atoms with Gasteiger partial charge < -0.3 is 14.8 Å². The van der Waals surface area contributed by atoms with Crippen LogP contribution in [0.2, 0.25) is 0 Å². The lowest BCUT2D eigenvalue weighted by atomic mass is 10.1. The van der Waals surface area contributed by atoms with Gasteiger partial charge in [-0.05, 0) is 61.4 Å². The molecule has 1 N–H and O–H groups in total. The molecule has 0 fully saturated rings. The zero-order valence-corrected chi connectivity index (χ0v) is 15.4. The Kier molecular flexibility index (Phi) is 8.29. The highest BCUT2D eigenvalue weighted by atomic mass is 19.1. The quantitative estimate of drug-likeness (QED) is 0.481. The van der Waals surface area contributed by atoms with E-state index in [-0.39, 0.29) is 24.1 Å². The molecule has 0 aliphatic heterocycles. The Labute approximate surface area is 158 Å². The molecule has 0 saturated carbocycles. The minimum absolute atomic E-state index is 0.0719. The molecule has 0 bridgehead atoms. The summed E-state index contributed by atoms with van der Waals surface area (Å²) in [4.78, 5) is 23.3. The SMILES string of the molecule is CCC(=O)c1ccc(OCC(=O)NCCCCOc2ccc(F)cc2)cc1. The van der Waals surface area contributed by atoms with Crippen LogP contribution in [-0.2, 0) is 4.79 Å². The molecular formula is C21H24FNO4. The summed E-state index contributed by atoms with van der Waals surface area (Å²) in [5.74, 6) is 0.745. The van der Waals surface area contributed by atoms with E-state index in [2.05, 4.69) is 5.32 Å². The summed E-state index contributed by atoms with van der Waals surface area (Å²) in [7, 11) is 0. The van der Waals surface area contributed by atoms with Crippen molar-refractivity contribution in [1.29, 1.82) is 0 Å². The van der Waals surface area contributed by atoms with Crippen LogP contribution in [-0.4, -0.2) is 31.4 Å². The molecular weight excluding hydrogens is 349 g/mol. The van der Waals surface area contributed by atoms with E-state index < -0.39 is 0 Å². The molecule has 27 heavy (non-hydrogen) atoms. The summed E-state index contributed by atoms with van der Waals surface area (Å²) in [5, 5.41) is 2.77. The zero-order valence-electron chi connectivity index (χ0n) is 15.4. The van der Waals surface area contributed by atoms with Crippen molar-refractivity contribution < 1.29 is 23.5 Å². The van der Waals surface area contributed by atoms with Gasteiger partial charge in [-0.25, -0.2) is 4.39 Å². The van der Waals surface area contributed by atoms with E-state index in [4.69, 9.17) is 9.47 Å². The number of ketones is 1. The minimum atomic E-state index is -0.294. The van der Waals surface area contributed by atoms with Crippen molar-refractivity contribution >= 4 is 11.7 Å². The van der Waals surface area contributed by atoms with E-state index in [0.29, 0.717) is 36.6 Å². The molecule has 2 aromatic rings. The van der Waals surface area contributed by atoms with Crippen molar-refractivity contribution in [1.82, 2.24) is 5.32 Å². The summed E-state index contributed by atoms with van der Waals surface area (Å²) >= 11 is 0. The number of amides is 1. The predicted molar refractivity (Wildman–Crippen MR) is 101 cm³/mol. The molecule has 0 saturated heterocycles. The smallest absolute Gasteiger partial charge is 0.257 e. The summed E-state index contributed by atoms with van der Waals surface area (Å²) in [6.45, 7) is 2.76. The molecule has 0 heterocycles. The van der Waals surface area contributed by atoms with Gasteiger partial charge in [0, 0.05) is 18.5 Å². The van der Waals surface area contributed by atoms with Crippen LogP contribution in [0.3, 0.4) is 0 Å². The molecule has 0 spiro atoms. The van der Waals surface area contributed by atoms with E-state index in [1.54, 1.807) is 36.4 Å². The lowest BCUT2D eigenvalue weighted by Crippen LogP contribution is -2.29.